The standard InChI is InChI=1S/C16H20O6/c1-4-8-20-12(2)15(17)22-10-9-21-14-7-5-6-13(11-14)16(18)19-3/h4-7,11-12H,1,8-10H2,2-3H3. The fourth-order valence-electron chi connectivity index (χ4n) is 1.53. The Balaban J connectivity index is 2.34. The monoisotopic (exact) mass is 308 g/mol. The summed E-state index contributed by atoms with van der Waals surface area (Å²) in [5, 5.41) is 0. The predicted octanol–water partition coefficient (Wildman–Crippen LogP) is 1.99. The van der Waals surface area contributed by atoms with E-state index in [9.17, 15) is 9.59 Å². The van der Waals surface area contributed by atoms with Crippen LogP contribution in [0.2, 0.25) is 0 Å². The van der Waals surface area contributed by atoms with Gasteiger partial charge in [0.25, 0.3) is 0 Å². The van der Waals surface area contributed by atoms with E-state index in [1.165, 1.54) is 7.11 Å². The molecule has 0 aliphatic carbocycles. The van der Waals surface area contributed by atoms with Gasteiger partial charge in [-0.15, -0.1) is 6.58 Å². The van der Waals surface area contributed by atoms with E-state index in [1.807, 2.05) is 0 Å². The second-order valence-corrected chi connectivity index (χ2v) is 4.30. The highest BCUT2D eigenvalue weighted by Gasteiger charge is 2.14. The molecule has 0 saturated heterocycles. The molecular formula is C16H20O6. The lowest BCUT2D eigenvalue weighted by atomic mass is 10.2. The molecule has 0 heterocycles. The zero-order valence-corrected chi connectivity index (χ0v) is 12.7. The van der Waals surface area contributed by atoms with E-state index in [1.54, 1.807) is 37.3 Å². The molecule has 0 bridgehead atoms. The van der Waals surface area contributed by atoms with Crippen LogP contribution >= 0.6 is 0 Å². The smallest absolute Gasteiger partial charge is 0.337 e. The molecule has 1 aromatic carbocycles. The van der Waals surface area contributed by atoms with Gasteiger partial charge in [-0.2, -0.15) is 0 Å². The van der Waals surface area contributed by atoms with Crippen molar-refractivity contribution in [3.8, 4) is 5.75 Å². The second kappa shape index (κ2) is 9.57. The number of hydrogen-bond acceptors (Lipinski definition) is 6. The molecule has 1 aromatic rings. The average molecular weight is 308 g/mol. The maximum Gasteiger partial charge on any atom is 0.337 e. The molecule has 0 aliphatic rings. The molecule has 0 N–H and O–H groups in total. The van der Waals surface area contributed by atoms with Gasteiger partial charge < -0.3 is 18.9 Å². The molecule has 0 amide bonds. The Kier molecular flexibility index (Phi) is 7.70. The first-order chi connectivity index (χ1) is 10.6. The third kappa shape index (κ3) is 5.97. The highest BCUT2D eigenvalue weighted by molar-refractivity contribution is 5.89. The fourth-order valence-corrected chi connectivity index (χ4v) is 1.53. The molecule has 120 valence electrons. The summed E-state index contributed by atoms with van der Waals surface area (Å²) in [6.45, 7) is 5.64. The third-order valence-electron chi connectivity index (χ3n) is 2.65. The molecule has 1 rings (SSSR count). The molecule has 1 unspecified atom stereocenters. The summed E-state index contributed by atoms with van der Waals surface area (Å²) < 4.78 is 20.2. The van der Waals surface area contributed by atoms with Crippen molar-refractivity contribution in [1.82, 2.24) is 0 Å². The number of rotatable bonds is 9. The van der Waals surface area contributed by atoms with Crippen molar-refractivity contribution in [2.24, 2.45) is 0 Å². The van der Waals surface area contributed by atoms with E-state index in [4.69, 9.17) is 14.2 Å². The van der Waals surface area contributed by atoms with Crippen molar-refractivity contribution >= 4 is 11.9 Å². The third-order valence-corrected chi connectivity index (χ3v) is 2.65. The minimum absolute atomic E-state index is 0.0864. The second-order valence-electron chi connectivity index (χ2n) is 4.30. The molecule has 0 aromatic heterocycles. The molecular weight excluding hydrogens is 288 g/mol. The normalized spacial score (nSPS) is 11.4. The number of carbonyl (C=O) groups is 2. The fraction of sp³-hybridized carbons (Fsp3) is 0.375. The minimum atomic E-state index is -0.652. The van der Waals surface area contributed by atoms with Crippen LogP contribution in [-0.2, 0) is 19.0 Å². The molecule has 0 saturated carbocycles. The van der Waals surface area contributed by atoms with Crippen LogP contribution < -0.4 is 4.74 Å². The predicted molar refractivity (Wildman–Crippen MR) is 79.8 cm³/mol. The first-order valence-corrected chi connectivity index (χ1v) is 6.78. The summed E-state index contributed by atoms with van der Waals surface area (Å²) >= 11 is 0. The first-order valence-electron chi connectivity index (χ1n) is 6.78. The average Bonchev–Trinajstić information content (AvgIpc) is 2.55. The Labute approximate surface area is 129 Å². The Morgan fingerprint density at radius 2 is 2.09 bits per heavy atom. The van der Waals surface area contributed by atoms with E-state index in [2.05, 4.69) is 11.3 Å². The van der Waals surface area contributed by atoms with Gasteiger partial charge in [-0.1, -0.05) is 12.1 Å². The maximum absolute atomic E-state index is 11.5. The lowest BCUT2D eigenvalue weighted by Gasteiger charge is -2.12. The summed E-state index contributed by atoms with van der Waals surface area (Å²) in [7, 11) is 1.31. The molecule has 0 spiro atoms. The zero-order chi connectivity index (χ0) is 16.4. The van der Waals surface area contributed by atoms with Gasteiger partial charge in [0.05, 0.1) is 19.3 Å². The molecule has 1 atom stereocenters. The minimum Gasteiger partial charge on any atom is -0.490 e. The van der Waals surface area contributed by atoms with E-state index in [0.717, 1.165) is 0 Å². The van der Waals surface area contributed by atoms with E-state index < -0.39 is 18.0 Å². The van der Waals surface area contributed by atoms with Crippen LogP contribution in [0.4, 0.5) is 0 Å². The van der Waals surface area contributed by atoms with Gasteiger partial charge in [-0.05, 0) is 25.1 Å². The van der Waals surface area contributed by atoms with Gasteiger partial charge in [0.2, 0.25) is 0 Å². The number of methoxy groups -OCH3 is 1. The molecule has 0 fully saturated rings. The molecule has 6 heteroatoms. The number of esters is 2. The summed E-state index contributed by atoms with van der Waals surface area (Å²) in [6, 6.07) is 6.56. The van der Waals surface area contributed by atoms with Crippen LogP contribution in [0.15, 0.2) is 36.9 Å². The quantitative estimate of drug-likeness (QED) is 0.395. The summed E-state index contributed by atoms with van der Waals surface area (Å²) in [6.07, 6.45) is 0.905. The van der Waals surface area contributed by atoms with Crippen molar-refractivity contribution in [3.63, 3.8) is 0 Å². The maximum atomic E-state index is 11.5. The van der Waals surface area contributed by atoms with Crippen molar-refractivity contribution in [3.05, 3.63) is 42.5 Å². The first kappa shape index (κ1) is 17.7. The molecule has 0 aliphatic heterocycles. The Morgan fingerprint density at radius 3 is 2.77 bits per heavy atom. The van der Waals surface area contributed by atoms with Crippen LogP contribution in [0.1, 0.15) is 17.3 Å². The summed E-state index contributed by atoms with van der Waals surface area (Å²) in [5.74, 6) is -0.409. The summed E-state index contributed by atoms with van der Waals surface area (Å²) in [4.78, 5) is 22.9. The number of benzene rings is 1. The molecule has 0 radical (unpaired) electrons. The van der Waals surface area contributed by atoms with Crippen LogP contribution in [0.25, 0.3) is 0 Å². The van der Waals surface area contributed by atoms with Crippen molar-refractivity contribution in [1.29, 1.82) is 0 Å². The highest BCUT2D eigenvalue weighted by Crippen LogP contribution is 2.13. The van der Waals surface area contributed by atoms with Gasteiger partial charge >= 0.3 is 11.9 Å². The Morgan fingerprint density at radius 1 is 1.32 bits per heavy atom. The Hall–Kier alpha value is -2.34. The van der Waals surface area contributed by atoms with Gasteiger partial charge in [0, 0.05) is 0 Å². The van der Waals surface area contributed by atoms with Crippen molar-refractivity contribution in [2.45, 2.75) is 13.0 Å². The zero-order valence-electron chi connectivity index (χ0n) is 12.7. The lowest BCUT2D eigenvalue weighted by molar-refractivity contribution is -0.156. The largest absolute Gasteiger partial charge is 0.490 e. The van der Waals surface area contributed by atoms with Gasteiger partial charge in [-0.25, -0.2) is 9.59 Å². The number of hydrogen-bond donors (Lipinski definition) is 0. The van der Waals surface area contributed by atoms with E-state index in [0.29, 0.717) is 11.3 Å². The van der Waals surface area contributed by atoms with E-state index >= 15 is 0 Å². The Bertz CT molecular complexity index is 511. The van der Waals surface area contributed by atoms with E-state index in [-0.39, 0.29) is 19.8 Å². The highest BCUT2D eigenvalue weighted by atomic mass is 16.6. The van der Waals surface area contributed by atoms with Crippen LogP contribution in [0, 0.1) is 0 Å². The van der Waals surface area contributed by atoms with Gasteiger partial charge in [-0.3, -0.25) is 0 Å². The lowest BCUT2D eigenvalue weighted by Crippen LogP contribution is -2.25. The van der Waals surface area contributed by atoms with Crippen molar-refractivity contribution in [2.75, 3.05) is 26.9 Å². The van der Waals surface area contributed by atoms with Crippen LogP contribution in [0.3, 0.4) is 0 Å². The molecule has 22 heavy (non-hydrogen) atoms. The SMILES string of the molecule is C=CCOC(C)C(=O)OCCOc1cccc(C(=O)OC)c1. The van der Waals surface area contributed by atoms with Crippen LogP contribution in [-0.4, -0.2) is 45.0 Å². The van der Waals surface area contributed by atoms with Gasteiger partial charge in [0.15, 0.2) is 6.10 Å². The van der Waals surface area contributed by atoms with Gasteiger partial charge in [0.1, 0.15) is 19.0 Å². The molecule has 6 nitrogen and oxygen atoms in total. The summed E-state index contributed by atoms with van der Waals surface area (Å²) in [5.41, 5.74) is 0.392. The topological polar surface area (TPSA) is 71.1 Å². The van der Waals surface area contributed by atoms with Crippen LogP contribution in [0.5, 0.6) is 5.75 Å². The van der Waals surface area contributed by atoms with Crippen molar-refractivity contribution < 1.29 is 28.5 Å². The number of ether oxygens (including phenoxy) is 4. The number of carbonyl (C=O) groups excluding carboxylic acids is 2.